The summed E-state index contributed by atoms with van der Waals surface area (Å²) in [6.07, 6.45) is 2.29. The van der Waals surface area contributed by atoms with Crippen LogP contribution in [0.1, 0.15) is 46.4 Å². The van der Waals surface area contributed by atoms with E-state index in [1.54, 1.807) is 12.3 Å². The molecule has 1 aliphatic heterocycles. The Kier molecular flexibility index (Phi) is 9.14. The molecule has 7 nitrogen and oxygen atoms in total. The van der Waals surface area contributed by atoms with Crippen LogP contribution in [0.5, 0.6) is 0 Å². The summed E-state index contributed by atoms with van der Waals surface area (Å²) in [5.41, 5.74) is 6.49. The number of ether oxygens (including phenoxy) is 1. The van der Waals surface area contributed by atoms with Crippen LogP contribution < -0.4 is 10.3 Å². The fourth-order valence-electron chi connectivity index (χ4n) is 5.38. The maximum atomic E-state index is 13.3. The van der Waals surface area contributed by atoms with E-state index in [4.69, 9.17) is 9.84 Å². The molecule has 2 heterocycles. The Morgan fingerprint density at radius 2 is 1.57 bits per heavy atom. The van der Waals surface area contributed by atoms with Crippen molar-refractivity contribution in [2.24, 2.45) is 5.10 Å². The molecule has 1 unspecified atom stereocenters. The Hall–Kier alpha value is -5.78. The SMILES string of the molecule is CCOC(=O)c1c(-c2ccccc2)csc1NC(=O)C(C#N)=Cc1ccc(N2N=C(c3ccccc3)CC2c2ccccc2)cc1. The highest BCUT2D eigenvalue weighted by Crippen LogP contribution is 2.38. The number of esters is 1. The predicted octanol–water partition coefficient (Wildman–Crippen LogP) is 8.49. The van der Waals surface area contributed by atoms with E-state index >= 15 is 0 Å². The molecule has 5 aromatic rings. The van der Waals surface area contributed by atoms with E-state index in [2.05, 4.69) is 29.6 Å². The zero-order valence-electron chi connectivity index (χ0n) is 25.1. The number of nitrogens with one attached hydrogen (secondary N) is 1. The van der Waals surface area contributed by atoms with Crippen LogP contribution in [0.25, 0.3) is 17.2 Å². The fraction of sp³-hybridized carbons (Fsp3) is 0.105. The van der Waals surface area contributed by atoms with Crippen molar-refractivity contribution in [3.63, 3.8) is 0 Å². The summed E-state index contributed by atoms with van der Waals surface area (Å²) >= 11 is 1.21. The summed E-state index contributed by atoms with van der Waals surface area (Å²) in [4.78, 5) is 26.2. The van der Waals surface area contributed by atoms with Crippen molar-refractivity contribution in [1.29, 1.82) is 5.26 Å². The maximum absolute atomic E-state index is 13.3. The van der Waals surface area contributed by atoms with Gasteiger partial charge in [-0.1, -0.05) is 103 Å². The number of hydrogen-bond donors (Lipinski definition) is 1. The molecule has 226 valence electrons. The van der Waals surface area contributed by atoms with Crippen molar-refractivity contribution < 1.29 is 14.3 Å². The number of amides is 1. The molecule has 1 N–H and O–H groups in total. The van der Waals surface area contributed by atoms with Gasteiger partial charge >= 0.3 is 5.97 Å². The van der Waals surface area contributed by atoms with Crippen molar-refractivity contribution >= 4 is 45.7 Å². The molecule has 0 bridgehead atoms. The number of benzene rings is 4. The van der Waals surface area contributed by atoms with Gasteiger partial charge in [0.1, 0.15) is 22.2 Å². The number of hydrazone groups is 1. The summed E-state index contributed by atoms with van der Waals surface area (Å²) in [6.45, 7) is 1.92. The molecular formula is C38H30N4O3S. The quantitative estimate of drug-likeness (QED) is 0.101. The van der Waals surface area contributed by atoms with Gasteiger partial charge in [-0.15, -0.1) is 11.3 Å². The number of nitriles is 1. The minimum atomic E-state index is -0.612. The molecule has 46 heavy (non-hydrogen) atoms. The molecular weight excluding hydrogens is 593 g/mol. The van der Waals surface area contributed by atoms with Crippen LogP contribution >= 0.6 is 11.3 Å². The third-order valence-electron chi connectivity index (χ3n) is 7.62. The molecule has 0 radical (unpaired) electrons. The first-order chi connectivity index (χ1) is 22.6. The molecule has 1 aromatic heterocycles. The van der Waals surface area contributed by atoms with Crippen LogP contribution in [0.2, 0.25) is 0 Å². The van der Waals surface area contributed by atoms with Crippen LogP contribution in [-0.4, -0.2) is 24.2 Å². The molecule has 1 atom stereocenters. The Balaban J connectivity index is 1.25. The highest BCUT2D eigenvalue weighted by molar-refractivity contribution is 7.15. The van der Waals surface area contributed by atoms with E-state index in [9.17, 15) is 14.9 Å². The number of hydrogen-bond acceptors (Lipinski definition) is 7. The zero-order valence-corrected chi connectivity index (χ0v) is 25.9. The van der Waals surface area contributed by atoms with Gasteiger partial charge in [0, 0.05) is 17.4 Å². The van der Waals surface area contributed by atoms with Gasteiger partial charge in [0.25, 0.3) is 5.91 Å². The average molecular weight is 623 g/mol. The van der Waals surface area contributed by atoms with Crippen molar-refractivity contribution in [3.8, 4) is 17.2 Å². The minimum Gasteiger partial charge on any atom is -0.462 e. The van der Waals surface area contributed by atoms with E-state index in [0.29, 0.717) is 16.1 Å². The molecule has 1 amide bonds. The Morgan fingerprint density at radius 1 is 0.935 bits per heavy atom. The number of nitrogens with zero attached hydrogens (tertiary/aromatic N) is 3. The summed E-state index contributed by atoms with van der Waals surface area (Å²) in [5.74, 6) is -1.15. The monoisotopic (exact) mass is 622 g/mol. The normalized spacial score (nSPS) is 14.3. The van der Waals surface area contributed by atoms with E-state index in [1.807, 2.05) is 102 Å². The molecule has 1 aliphatic rings. The first-order valence-electron chi connectivity index (χ1n) is 14.9. The summed E-state index contributed by atoms with van der Waals surface area (Å²) in [5, 5.41) is 21.9. The summed E-state index contributed by atoms with van der Waals surface area (Å²) < 4.78 is 5.30. The molecule has 0 aliphatic carbocycles. The van der Waals surface area contributed by atoms with Gasteiger partial charge < -0.3 is 10.1 Å². The van der Waals surface area contributed by atoms with Gasteiger partial charge in [0.2, 0.25) is 0 Å². The minimum absolute atomic E-state index is 0.0263. The van der Waals surface area contributed by atoms with Crippen molar-refractivity contribution in [2.75, 3.05) is 16.9 Å². The fourth-order valence-corrected chi connectivity index (χ4v) is 6.34. The molecule has 4 aromatic carbocycles. The zero-order chi connectivity index (χ0) is 31.9. The Labute approximate surface area is 271 Å². The molecule has 0 fully saturated rings. The second-order valence-electron chi connectivity index (χ2n) is 10.5. The topological polar surface area (TPSA) is 94.8 Å². The van der Waals surface area contributed by atoms with Gasteiger partial charge in [0.15, 0.2) is 0 Å². The van der Waals surface area contributed by atoms with E-state index in [0.717, 1.165) is 34.5 Å². The highest BCUT2D eigenvalue weighted by atomic mass is 32.1. The van der Waals surface area contributed by atoms with Crippen molar-refractivity contribution in [2.45, 2.75) is 19.4 Å². The molecule has 0 saturated heterocycles. The van der Waals surface area contributed by atoms with Crippen molar-refractivity contribution in [3.05, 3.63) is 148 Å². The number of carbonyl (C=O) groups excluding carboxylic acids is 2. The number of carbonyl (C=O) groups is 2. The van der Waals surface area contributed by atoms with E-state index in [-0.39, 0.29) is 23.8 Å². The molecule has 8 heteroatoms. The number of rotatable bonds is 9. The van der Waals surface area contributed by atoms with Gasteiger partial charge in [-0.2, -0.15) is 10.4 Å². The average Bonchev–Trinajstić information content (AvgIpc) is 3.74. The lowest BCUT2D eigenvalue weighted by Crippen LogP contribution is -2.18. The van der Waals surface area contributed by atoms with E-state index < -0.39 is 11.9 Å². The predicted molar refractivity (Wildman–Crippen MR) is 184 cm³/mol. The first kappa shape index (κ1) is 30.3. The number of anilines is 2. The first-order valence-corrected chi connectivity index (χ1v) is 15.8. The Bertz CT molecular complexity index is 1940. The van der Waals surface area contributed by atoms with Gasteiger partial charge in [-0.25, -0.2) is 4.79 Å². The largest absolute Gasteiger partial charge is 0.462 e. The molecule has 0 saturated carbocycles. The maximum Gasteiger partial charge on any atom is 0.341 e. The van der Waals surface area contributed by atoms with Crippen LogP contribution in [0.15, 0.2) is 131 Å². The van der Waals surface area contributed by atoms with Crippen LogP contribution in [0.3, 0.4) is 0 Å². The van der Waals surface area contributed by atoms with Gasteiger partial charge in [0.05, 0.1) is 24.0 Å². The Morgan fingerprint density at radius 3 is 2.20 bits per heavy atom. The molecule has 6 rings (SSSR count). The number of thiophene rings is 1. The van der Waals surface area contributed by atoms with Crippen molar-refractivity contribution in [1.82, 2.24) is 0 Å². The lowest BCUT2D eigenvalue weighted by Gasteiger charge is -2.24. The lowest BCUT2D eigenvalue weighted by molar-refractivity contribution is -0.112. The lowest BCUT2D eigenvalue weighted by atomic mass is 9.98. The van der Waals surface area contributed by atoms with E-state index in [1.165, 1.54) is 17.4 Å². The van der Waals surface area contributed by atoms with Crippen LogP contribution in [0.4, 0.5) is 10.7 Å². The second-order valence-corrected chi connectivity index (χ2v) is 11.4. The third-order valence-corrected chi connectivity index (χ3v) is 8.51. The summed E-state index contributed by atoms with van der Waals surface area (Å²) in [7, 11) is 0. The van der Waals surface area contributed by atoms with Crippen LogP contribution in [0, 0.1) is 11.3 Å². The van der Waals surface area contributed by atoms with Gasteiger partial charge in [-0.3, -0.25) is 9.80 Å². The second kappa shape index (κ2) is 13.9. The smallest absolute Gasteiger partial charge is 0.341 e. The van der Waals surface area contributed by atoms with Gasteiger partial charge in [-0.05, 0) is 47.4 Å². The molecule has 0 spiro atoms. The standard InChI is InChI=1S/C38H30N4O3S/c1-2-45-38(44)35-32(27-12-6-3-7-13-27)25-46-37(35)40-36(43)30(24-39)22-26-18-20-31(21-19-26)42-34(29-16-10-5-11-17-29)23-33(41-42)28-14-8-4-9-15-28/h3-22,25,34H,2,23H2,1H3,(H,40,43). The van der Waals surface area contributed by atoms with Crippen LogP contribution in [-0.2, 0) is 9.53 Å². The third kappa shape index (κ3) is 6.50. The highest BCUT2D eigenvalue weighted by Gasteiger charge is 2.30. The summed E-state index contributed by atoms with van der Waals surface area (Å²) in [6, 6.07) is 39.5.